The molecular formula is C44H40ClF8N7O2S. The molecule has 0 aliphatic carbocycles. The van der Waals surface area contributed by atoms with Crippen LogP contribution in [0.4, 0.5) is 44.1 Å². The molecule has 0 saturated carbocycles. The highest BCUT2D eigenvalue weighted by atomic mass is 35.5. The highest BCUT2D eigenvalue weighted by Crippen LogP contribution is 3.02. The van der Waals surface area contributed by atoms with Crippen molar-refractivity contribution >= 4 is 55.8 Å². The Morgan fingerprint density at radius 1 is 0.825 bits per heavy atom. The van der Waals surface area contributed by atoms with Gasteiger partial charge in [-0.2, -0.15) is 0 Å². The van der Waals surface area contributed by atoms with Crippen molar-refractivity contribution in [1.29, 1.82) is 0 Å². The van der Waals surface area contributed by atoms with Gasteiger partial charge in [-0.05, 0) is 103 Å². The van der Waals surface area contributed by atoms with E-state index in [1.54, 1.807) is 53.1 Å². The summed E-state index contributed by atoms with van der Waals surface area (Å²) in [5.41, 5.74) is 6.14. The highest BCUT2D eigenvalue weighted by molar-refractivity contribution is 8.45. The Morgan fingerprint density at radius 3 is 2.13 bits per heavy atom. The van der Waals surface area contributed by atoms with E-state index in [-0.39, 0.29) is 24.1 Å². The summed E-state index contributed by atoms with van der Waals surface area (Å²) >= 11 is 6.14. The summed E-state index contributed by atoms with van der Waals surface area (Å²) in [7, 11) is -9.63. The zero-order valence-electron chi connectivity index (χ0n) is 33.4. The first-order valence-electron chi connectivity index (χ1n) is 19.6. The Kier molecular flexibility index (Phi) is 12.3. The largest absolute Gasteiger partial charge is 0.573 e. The maximum Gasteiger partial charge on any atom is 0.573 e. The normalized spacial score (nSPS) is 14.7. The van der Waals surface area contributed by atoms with Gasteiger partial charge in [-0.1, -0.05) is 86.5 Å². The predicted molar refractivity (Wildman–Crippen MR) is 229 cm³/mol. The monoisotopic (exact) mass is 917 g/mol. The van der Waals surface area contributed by atoms with Crippen LogP contribution in [0.3, 0.4) is 0 Å². The van der Waals surface area contributed by atoms with E-state index in [2.05, 4.69) is 47.4 Å². The number of aryl methyl sites for hydroxylation is 1. The number of fused-ring (bicyclic) bond motifs is 2. The van der Waals surface area contributed by atoms with Crippen molar-refractivity contribution in [2.24, 2.45) is 0 Å². The summed E-state index contributed by atoms with van der Waals surface area (Å²) in [6.07, 6.45) is 0.817. The van der Waals surface area contributed by atoms with E-state index < -0.39 is 21.5 Å². The molecule has 1 amide bonds. The topological polar surface area (TPSA) is 96.7 Å². The second-order valence-corrected chi connectivity index (χ2v) is 17.6. The summed E-state index contributed by atoms with van der Waals surface area (Å²) in [5.74, 6) is 0.398. The van der Waals surface area contributed by atoms with Gasteiger partial charge < -0.3 is 20.3 Å². The quantitative estimate of drug-likeness (QED) is 0.125. The molecule has 0 bridgehead atoms. The van der Waals surface area contributed by atoms with Gasteiger partial charge in [-0.25, -0.2) is 15.0 Å². The Bertz CT molecular complexity index is 2710. The molecule has 8 rings (SSSR count). The van der Waals surface area contributed by atoms with Crippen molar-refractivity contribution in [3.8, 4) is 5.75 Å². The number of ether oxygens (including phenoxy) is 1. The van der Waals surface area contributed by atoms with Gasteiger partial charge in [0.05, 0.1) is 16.2 Å². The molecule has 1 aliphatic rings. The van der Waals surface area contributed by atoms with E-state index in [1.165, 1.54) is 18.5 Å². The van der Waals surface area contributed by atoms with Crippen LogP contribution >= 0.6 is 21.8 Å². The van der Waals surface area contributed by atoms with E-state index in [0.29, 0.717) is 58.4 Å². The third-order valence-corrected chi connectivity index (χ3v) is 11.8. The highest BCUT2D eigenvalue weighted by Gasteiger charge is 2.65. The van der Waals surface area contributed by atoms with Crippen LogP contribution in [0.5, 0.6) is 5.75 Å². The molecular weight excluding hydrogens is 878 g/mol. The van der Waals surface area contributed by atoms with Crippen molar-refractivity contribution in [1.82, 2.24) is 24.7 Å². The third-order valence-electron chi connectivity index (χ3n) is 10.4. The Hall–Kier alpha value is -6.14. The number of nitrogens with one attached hydrogen (secondary N) is 2. The first-order chi connectivity index (χ1) is 29.7. The number of carbonyl (C=O) groups excluding carboxylic acids is 1. The fraction of sp³-hybridized carbons (Fsp3) is 0.227. The minimum atomic E-state index is -9.63. The molecule has 1 aliphatic heterocycles. The lowest BCUT2D eigenvalue weighted by Crippen LogP contribution is -2.32. The lowest BCUT2D eigenvalue weighted by atomic mass is 9.89. The standard InChI is InChI=1S/C29H28ClF3N4O2.C15H12F5N3S/c1-2-25-27(37-18-22(30)7-12-26(37)35-25)28(38)34-17-19-3-8-23(9-4-19)36-15-13-21(14-16-36)20-5-10-24(11-6-20)39-29(31,32)33;16-24(17,18,19,20)12-7-5-11(6-8-12)9-21-15-13-3-1-2-4-14(13)22-10-23-15/h3-12,18,21H,2,13-17H2,1H3,(H,34,38);1-8,10H,9H2,(H,21,22,23). The Morgan fingerprint density at radius 2 is 1.48 bits per heavy atom. The van der Waals surface area contributed by atoms with E-state index in [4.69, 9.17) is 11.6 Å². The first kappa shape index (κ1) is 44.9. The summed E-state index contributed by atoms with van der Waals surface area (Å²) < 4.78 is 106. The van der Waals surface area contributed by atoms with E-state index >= 15 is 0 Å². The van der Waals surface area contributed by atoms with E-state index in [0.717, 1.165) is 66.0 Å². The molecule has 7 aromatic rings. The van der Waals surface area contributed by atoms with Crippen LogP contribution in [-0.2, 0) is 19.5 Å². The second-order valence-electron chi connectivity index (χ2n) is 14.8. The fourth-order valence-corrected chi connectivity index (χ4v) is 8.06. The molecule has 4 aromatic carbocycles. The number of rotatable bonds is 11. The van der Waals surface area contributed by atoms with Crippen LogP contribution in [0.15, 0.2) is 127 Å². The molecule has 4 heterocycles. The summed E-state index contributed by atoms with van der Waals surface area (Å²) in [6.45, 7) is 4.18. The number of alkyl halides is 3. The molecule has 9 nitrogen and oxygen atoms in total. The predicted octanol–water partition coefficient (Wildman–Crippen LogP) is 12.7. The van der Waals surface area contributed by atoms with Crippen LogP contribution in [0, 0.1) is 0 Å². The van der Waals surface area contributed by atoms with Gasteiger partial charge in [-0.3, -0.25) is 9.20 Å². The number of hydrogen-bond donors (Lipinski definition) is 2. The van der Waals surface area contributed by atoms with Crippen molar-refractivity contribution in [3.05, 3.63) is 155 Å². The lowest BCUT2D eigenvalue weighted by molar-refractivity contribution is -0.274. The number of aromatic nitrogens is 4. The number of pyridine rings is 1. The van der Waals surface area contributed by atoms with Gasteiger partial charge in [-0.15, -0.1) is 13.2 Å². The van der Waals surface area contributed by atoms with Crippen molar-refractivity contribution < 1.29 is 42.1 Å². The Labute approximate surface area is 361 Å². The number of carbonyl (C=O) groups is 1. The van der Waals surface area contributed by atoms with Gasteiger partial charge in [0.1, 0.15) is 34.1 Å². The molecule has 0 radical (unpaired) electrons. The maximum atomic E-state index is 13.0. The number of amides is 1. The number of halogens is 9. The molecule has 1 saturated heterocycles. The minimum absolute atomic E-state index is 0.140. The average Bonchev–Trinajstić information content (AvgIpc) is 3.62. The fourth-order valence-electron chi connectivity index (χ4n) is 7.25. The second kappa shape index (κ2) is 17.2. The summed E-state index contributed by atoms with van der Waals surface area (Å²) in [6, 6.07) is 27.9. The average molecular weight is 918 g/mol. The number of piperidine rings is 1. The van der Waals surface area contributed by atoms with Gasteiger partial charge in [0.15, 0.2) is 0 Å². The van der Waals surface area contributed by atoms with Crippen LogP contribution in [0.25, 0.3) is 16.6 Å². The van der Waals surface area contributed by atoms with Crippen LogP contribution in [0.1, 0.15) is 58.6 Å². The summed E-state index contributed by atoms with van der Waals surface area (Å²) in [5, 5.41) is 7.26. The number of hydrogen-bond acceptors (Lipinski definition) is 7. The van der Waals surface area contributed by atoms with Crippen molar-refractivity contribution in [2.75, 3.05) is 23.3 Å². The Balaban J connectivity index is 0.000000212. The molecule has 19 heteroatoms. The lowest BCUT2D eigenvalue weighted by Gasteiger charge is -2.40. The first-order valence-corrected chi connectivity index (χ1v) is 22.0. The molecule has 0 atom stereocenters. The molecule has 0 spiro atoms. The number of benzene rings is 4. The zero-order valence-corrected chi connectivity index (χ0v) is 35.0. The van der Waals surface area contributed by atoms with Crippen LogP contribution < -0.4 is 20.3 Å². The molecule has 63 heavy (non-hydrogen) atoms. The van der Waals surface area contributed by atoms with Crippen LogP contribution in [-0.4, -0.2) is 44.7 Å². The molecule has 332 valence electrons. The number of anilines is 2. The van der Waals surface area contributed by atoms with Gasteiger partial charge in [0.2, 0.25) is 0 Å². The maximum absolute atomic E-state index is 13.0. The molecule has 3 aromatic heterocycles. The molecule has 0 unspecified atom stereocenters. The van der Waals surface area contributed by atoms with Gasteiger partial charge in [0, 0.05) is 43.4 Å². The smallest absolute Gasteiger partial charge is 0.406 e. The minimum Gasteiger partial charge on any atom is -0.406 e. The third kappa shape index (κ3) is 11.5. The number of imidazole rings is 1. The summed E-state index contributed by atoms with van der Waals surface area (Å²) in [4.78, 5) is 26.2. The van der Waals surface area contributed by atoms with Crippen LogP contribution in [0.2, 0.25) is 5.02 Å². The van der Waals surface area contributed by atoms with Gasteiger partial charge >= 0.3 is 16.6 Å². The van der Waals surface area contributed by atoms with Crippen molar-refractivity contribution in [2.45, 2.75) is 56.5 Å². The number of nitrogens with zero attached hydrogens (tertiary/aromatic N) is 5. The number of para-hydroxylation sites is 1. The SMILES string of the molecule is CCc1nc2ccc(Cl)cn2c1C(=O)NCc1ccc(N2CCC(c3ccc(OC(F)(F)F)cc3)CC2)cc1.FS(F)(F)(F)(F)c1ccc(CNc2ncnc3ccccc23)cc1. The van der Waals surface area contributed by atoms with E-state index in [1.807, 2.05) is 25.1 Å². The molecule has 2 N–H and O–H groups in total. The van der Waals surface area contributed by atoms with E-state index in [9.17, 15) is 37.4 Å². The van der Waals surface area contributed by atoms with Crippen molar-refractivity contribution in [3.63, 3.8) is 0 Å². The van der Waals surface area contributed by atoms with Gasteiger partial charge in [0.25, 0.3) is 5.91 Å². The molecule has 1 fully saturated rings. The zero-order chi connectivity index (χ0) is 45.1.